The van der Waals surface area contributed by atoms with Gasteiger partial charge in [-0.1, -0.05) is 40.9 Å². The van der Waals surface area contributed by atoms with Crippen molar-refractivity contribution in [2.24, 2.45) is 0 Å². The molecule has 0 spiro atoms. The van der Waals surface area contributed by atoms with E-state index in [1.165, 1.54) is 17.2 Å². The first-order chi connectivity index (χ1) is 9.22. The maximum Gasteiger partial charge on any atom is 0.0741 e. The van der Waals surface area contributed by atoms with Crippen molar-refractivity contribution in [2.75, 3.05) is 5.32 Å². The molecule has 0 heterocycles. The van der Waals surface area contributed by atoms with E-state index in [0.29, 0.717) is 0 Å². The van der Waals surface area contributed by atoms with Gasteiger partial charge >= 0.3 is 0 Å². The predicted molar refractivity (Wildman–Crippen MR) is 83.5 cm³/mol. The van der Waals surface area contributed by atoms with E-state index >= 15 is 0 Å². The van der Waals surface area contributed by atoms with Crippen molar-refractivity contribution < 1.29 is 5.11 Å². The minimum atomic E-state index is -0.214. The summed E-state index contributed by atoms with van der Waals surface area (Å²) in [6.07, 6.45) is 4.10. The summed E-state index contributed by atoms with van der Waals surface area (Å²) in [5.74, 6) is 0. The van der Waals surface area contributed by atoms with Crippen LogP contribution in [-0.2, 0) is 0 Å². The van der Waals surface area contributed by atoms with Gasteiger partial charge in [0.2, 0.25) is 0 Å². The van der Waals surface area contributed by atoms with Crippen molar-refractivity contribution in [3.05, 3.63) is 40.9 Å². The van der Waals surface area contributed by atoms with Gasteiger partial charge in [-0.2, -0.15) is 0 Å². The Kier molecular flexibility index (Phi) is 3.76. The number of anilines is 1. The highest BCUT2D eigenvalue weighted by molar-refractivity contribution is 9.10. The number of hydrogen-bond acceptors (Lipinski definition) is 2. The second-order valence-electron chi connectivity index (χ2n) is 5.31. The molecular formula is C16H18BrNO. The number of aliphatic hydroxyl groups excluding tert-OH is 1. The molecule has 0 saturated heterocycles. The minimum Gasteiger partial charge on any atom is -0.391 e. The van der Waals surface area contributed by atoms with E-state index in [2.05, 4.69) is 57.6 Å². The highest BCUT2D eigenvalue weighted by atomic mass is 79.9. The van der Waals surface area contributed by atoms with Gasteiger partial charge in [-0.25, -0.2) is 0 Å². The molecule has 1 aliphatic rings. The molecule has 0 aliphatic heterocycles. The van der Waals surface area contributed by atoms with E-state index < -0.39 is 0 Å². The van der Waals surface area contributed by atoms with E-state index in [9.17, 15) is 5.11 Å². The van der Waals surface area contributed by atoms with Gasteiger partial charge in [-0.05, 0) is 47.9 Å². The second-order valence-corrected chi connectivity index (χ2v) is 6.22. The summed E-state index contributed by atoms with van der Waals surface area (Å²) in [7, 11) is 0. The zero-order valence-corrected chi connectivity index (χ0v) is 12.4. The van der Waals surface area contributed by atoms with Crippen LogP contribution in [0.3, 0.4) is 0 Å². The summed E-state index contributed by atoms with van der Waals surface area (Å²) in [5, 5.41) is 15.9. The third-order valence-electron chi connectivity index (χ3n) is 3.88. The van der Waals surface area contributed by atoms with Crippen LogP contribution in [0.25, 0.3) is 10.8 Å². The average molecular weight is 320 g/mol. The molecule has 1 fully saturated rings. The fourth-order valence-corrected chi connectivity index (χ4v) is 3.18. The van der Waals surface area contributed by atoms with Gasteiger partial charge in [-0.3, -0.25) is 0 Å². The van der Waals surface area contributed by atoms with Gasteiger partial charge in [0.15, 0.2) is 0 Å². The number of fused-ring (bicyclic) bond motifs is 1. The van der Waals surface area contributed by atoms with Crippen LogP contribution in [0.2, 0.25) is 0 Å². The second kappa shape index (κ2) is 5.51. The van der Waals surface area contributed by atoms with Crippen molar-refractivity contribution in [3.8, 4) is 0 Å². The smallest absolute Gasteiger partial charge is 0.0741 e. The molecule has 19 heavy (non-hydrogen) atoms. The van der Waals surface area contributed by atoms with E-state index in [-0.39, 0.29) is 12.1 Å². The van der Waals surface area contributed by atoms with E-state index in [1.54, 1.807) is 0 Å². The normalized spacial score (nSPS) is 23.5. The molecule has 0 radical (unpaired) electrons. The van der Waals surface area contributed by atoms with Gasteiger partial charge in [0.1, 0.15) is 0 Å². The molecular weight excluding hydrogens is 302 g/mol. The molecule has 0 bridgehead atoms. The Bertz CT molecular complexity index is 584. The summed E-state index contributed by atoms with van der Waals surface area (Å²) >= 11 is 3.49. The SMILES string of the molecule is O[C@@H]1CCCC[C@H]1Nc1ccc2cc(Br)ccc2c1. The van der Waals surface area contributed by atoms with Gasteiger partial charge in [-0.15, -0.1) is 0 Å². The lowest BCUT2D eigenvalue weighted by Crippen LogP contribution is -2.36. The Labute approximate surface area is 122 Å². The topological polar surface area (TPSA) is 32.3 Å². The fourth-order valence-electron chi connectivity index (χ4n) is 2.80. The van der Waals surface area contributed by atoms with Crippen LogP contribution in [0, 0.1) is 0 Å². The van der Waals surface area contributed by atoms with Crippen molar-refractivity contribution in [2.45, 2.75) is 37.8 Å². The quantitative estimate of drug-likeness (QED) is 0.864. The van der Waals surface area contributed by atoms with Gasteiger partial charge in [0.05, 0.1) is 12.1 Å². The Hall–Kier alpha value is -1.06. The maximum atomic E-state index is 10.0. The summed E-state index contributed by atoms with van der Waals surface area (Å²) < 4.78 is 1.10. The average Bonchev–Trinajstić information content (AvgIpc) is 2.41. The lowest BCUT2D eigenvalue weighted by molar-refractivity contribution is 0.116. The molecule has 3 rings (SSSR count). The van der Waals surface area contributed by atoms with Crippen molar-refractivity contribution in [1.82, 2.24) is 0 Å². The Morgan fingerprint density at radius 2 is 1.74 bits per heavy atom. The molecule has 1 saturated carbocycles. The van der Waals surface area contributed by atoms with Gasteiger partial charge in [0.25, 0.3) is 0 Å². The summed E-state index contributed by atoms with van der Waals surface area (Å²) in [6, 6.07) is 12.9. The number of halogens is 1. The molecule has 1 aliphatic carbocycles. The van der Waals surface area contributed by atoms with Crippen LogP contribution in [-0.4, -0.2) is 17.3 Å². The van der Waals surface area contributed by atoms with Crippen molar-refractivity contribution in [1.29, 1.82) is 0 Å². The zero-order chi connectivity index (χ0) is 13.2. The van der Waals surface area contributed by atoms with Crippen molar-refractivity contribution in [3.63, 3.8) is 0 Å². The van der Waals surface area contributed by atoms with E-state index in [4.69, 9.17) is 0 Å². The van der Waals surface area contributed by atoms with Crippen LogP contribution in [0.15, 0.2) is 40.9 Å². The first-order valence-corrected chi connectivity index (χ1v) is 7.65. The number of benzene rings is 2. The largest absolute Gasteiger partial charge is 0.391 e. The predicted octanol–water partition coefficient (Wildman–Crippen LogP) is 4.32. The summed E-state index contributed by atoms with van der Waals surface area (Å²) in [5.41, 5.74) is 1.10. The Morgan fingerprint density at radius 1 is 1.00 bits per heavy atom. The number of aliphatic hydroxyl groups is 1. The molecule has 0 unspecified atom stereocenters. The van der Waals surface area contributed by atoms with Gasteiger partial charge in [0, 0.05) is 10.2 Å². The van der Waals surface area contributed by atoms with E-state index in [0.717, 1.165) is 29.4 Å². The van der Waals surface area contributed by atoms with Crippen molar-refractivity contribution >= 4 is 32.4 Å². The first kappa shape index (κ1) is 12.9. The number of rotatable bonds is 2. The molecule has 2 aromatic rings. The van der Waals surface area contributed by atoms with Gasteiger partial charge < -0.3 is 10.4 Å². The third kappa shape index (κ3) is 2.93. The molecule has 3 heteroatoms. The van der Waals surface area contributed by atoms with Crippen LogP contribution in [0.4, 0.5) is 5.69 Å². The molecule has 0 amide bonds. The van der Waals surface area contributed by atoms with E-state index in [1.807, 2.05) is 0 Å². The molecule has 100 valence electrons. The fraction of sp³-hybridized carbons (Fsp3) is 0.375. The Balaban J connectivity index is 1.83. The number of nitrogens with one attached hydrogen (secondary N) is 1. The lowest BCUT2D eigenvalue weighted by Gasteiger charge is -2.29. The Morgan fingerprint density at radius 3 is 2.58 bits per heavy atom. The molecule has 0 aromatic heterocycles. The summed E-state index contributed by atoms with van der Waals surface area (Å²) in [4.78, 5) is 0. The molecule has 2 atom stereocenters. The van der Waals surface area contributed by atoms with Crippen LogP contribution >= 0.6 is 15.9 Å². The zero-order valence-electron chi connectivity index (χ0n) is 10.8. The standard InChI is InChI=1S/C16H18BrNO/c17-13-7-5-12-10-14(8-6-11(12)9-13)18-15-3-1-2-4-16(15)19/h5-10,15-16,18-19H,1-4H2/t15-,16-/m1/s1. The highest BCUT2D eigenvalue weighted by Gasteiger charge is 2.22. The van der Waals surface area contributed by atoms with Crippen LogP contribution in [0.5, 0.6) is 0 Å². The highest BCUT2D eigenvalue weighted by Crippen LogP contribution is 2.26. The molecule has 2 aromatic carbocycles. The lowest BCUT2D eigenvalue weighted by atomic mass is 9.92. The monoisotopic (exact) mass is 319 g/mol. The summed E-state index contributed by atoms with van der Waals surface area (Å²) in [6.45, 7) is 0. The number of hydrogen-bond donors (Lipinski definition) is 2. The third-order valence-corrected chi connectivity index (χ3v) is 4.38. The first-order valence-electron chi connectivity index (χ1n) is 6.86. The van der Waals surface area contributed by atoms with Crippen LogP contribution < -0.4 is 5.32 Å². The van der Waals surface area contributed by atoms with Crippen LogP contribution in [0.1, 0.15) is 25.7 Å². The maximum absolute atomic E-state index is 10.0. The molecule has 2 N–H and O–H groups in total. The minimum absolute atomic E-state index is 0.196. The molecule has 2 nitrogen and oxygen atoms in total.